The minimum absolute atomic E-state index is 0.277. The second-order valence-corrected chi connectivity index (χ2v) is 7.40. The van der Waals surface area contributed by atoms with Crippen molar-refractivity contribution in [1.29, 1.82) is 0 Å². The predicted molar refractivity (Wildman–Crippen MR) is 107 cm³/mol. The molecule has 2 atom stereocenters. The van der Waals surface area contributed by atoms with Crippen LogP contribution in [-0.2, 0) is 15.1 Å². The first-order chi connectivity index (χ1) is 13.3. The number of methoxy groups -OCH3 is 1. The summed E-state index contributed by atoms with van der Waals surface area (Å²) in [4.78, 5) is 38.5. The van der Waals surface area contributed by atoms with Crippen molar-refractivity contribution >= 4 is 17.8 Å². The predicted octanol–water partition coefficient (Wildman–Crippen LogP) is 2.79. The lowest BCUT2D eigenvalue weighted by Gasteiger charge is -2.22. The number of carbonyl (C=O) groups excluding carboxylic acids is 3. The number of urea groups is 1. The maximum absolute atomic E-state index is 12.9. The fourth-order valence-corrected chi connectivity index (χ4v) is 3.36. The topological polar surface area (TPSA) is 87.7 Å². The van der Waals surface area contributed by atoms with Crippen molar-refractivity contribution in [2.24, 2.45) is 5.92 Å². The SMILES string of the molecule is CCCCC(CC)CNC(=O)CN1C(=O)NC(C)(c2ccc(OC)cc2)C1=O. The molecule has 1 saturated heterocycles. The van der Waals surface area contributed by atoms with E-state index in [9.17, 15) is 14.4 Å². The van der Waals surface area contributed by atoms with E-state index in [1.807, 2.05) is 0 Å². The number of nitrogens with one attached hydrogen (secondary N) is 2. The highest BCUT2D eigenvalue weighted by Gasteiger charge is 2.49. The van der Waals surface area contributed by atoms with Crippen LogP contribution in [-0.4, -0.2) is 42.9 Å². The number of rotatable bonds is 10. The number of imide groups is 1. The standard InChI is InChI=1S/C21H31N3O4/c1-5-7-8-15(6-2)13-22-18(25)14-24-19(26)21(3,23-20(24)27)16-9-11-17(28-4)12-10-16/h9-12,15H,5-8,13-14H2,1-4H3,(H,22,25)(H,23,27). The van der Waals surface area contributed by atoms with Gasteiger partial charge < -0.3 is 15.4 Å². The summed E-state index contributed by atoms with van der Waals surface area (Å²) < 4.78 is 5.13. The molecule has 1 aromatic rings. The third-order valence-corrected chi connectivity index (χ3v) is 5.38. The Labute approximate surface area is 166 Å². The highest BCUT2D eigenvalue weighted by atomic mass is 16.5. The summed E-state index contributed by atoms with van der Waals surface area (Å²) >= 11 is 0. The van der Waals surface area contributed by atoms with E-state index in [2.05, 4.69) is 24.5 Å². The molecule has 0 aliphatic carbocycles. The van der Waals surface area contributed by atoms with E-state index in [-0.39, 0.29) is 12.5 Å². The molecular weight excluding hydrogens is 358 g/mol. The summed E-state index contributed by atoms with van der Waals surface area (Å²) in [5.74, 6) is 0.318. The van der Waals surface area contributed by atoms with Gasteiger partial charge in [0.05, 0.1) is 7.11 Å². The molecule has 7 nitrogen and oxygen atoms in total. The quantitative estimate of drug-likeness (QED) is 0.603. The normalized spacial score (nSPS) is 20.1. The van der Waals surface area contributed by atoms with Gasteiger partial charge in [0.2, 0.25) is 5.91 Å². The molecule has 0 spiro atoms. The van der Waals surface area contributed by atoms with Crippen molar-refractivity contribution < 1.29 is 19.1 Å². The zero-order chi connectivity index (χ0) is 20.7. The molecule has 4 amide bonds. The molecule has 2 rings (SSSR count). The molecule has 1 aromatic carbocycles. The first-order valence-corrected chi connectivity index (χ1v) is 9.91. The molecule has 0 saturated carbocycles. The van der Waals surface area contributed by atoms with E-state index in [0.29, 0.717) is 23.8 Å². The molecule has 1 aliphatic heterocycles. The van der Waals surface area contributed by atoms with Crippen LogP contribution in [0.1, 0.15) is 52.0 Å². The molecule has 7 heteroatoms. The fraction of sp³-hybridized carbons (Fsp3) is 0.571. The van der Waals surface area contributed by atoms with Crippen molar-refractivity contribution in [2.75, 3.05) is 20.2 Å². The van der Waals surface area contributed by atoms with Crippen molar-refractivity contribution in [3.63, 3.8) is 0 Å². The van der Waals surface area contributed by atoms with Gasteiger partial charge in [0, 0.05) is 6.54 Å². The lowest BCUT2D eigenvalue weighted by Crippen LogP contribution is -2.44. The number of amides is 4. The number of hydrogen-bond acceptors (Lipinski definition) is 4. The molecule has 1 heterocycles. The monoisotopic (exact) mass is 389 g/mol. The third kappa shape index (κ3) is 4.82. The molecule has 2 unspecified atom stereocenters. The second-order valence-electron chi connectivity index (χ2n) is 7.40. The molecule has 0 radical (unpaired) electrons. The number of nitrogens with zero attached hydrogens (tertiary/aromatic N) is 1. The molecule has 0 aromatic heterocycles. The molecule has 154 valence electrons. The Morgan fingerprint density at radius 2 is 1.93 bits per heavy atom. The van der Waals surface area contributed by atoms with Crippen LogP contribution in [0.3, 0.4) is 0 Å². The third-order valence-electron chi connectivity index (χ3n) is 5.38. The second kappa shape index (κ2) is 9.57. The number of hydrogen-bond donors (Lipinski definition) is 2. The maximum Gasteiger partial charge on any atom is 0.325 e. The Balaban J connectivity index is 1.99. The van der Waals surface area contributed by atoms with Crippen LogP contribution in [0.25, 0.3) is 0 Å². The van der Waals surface area contributed by atoms with Gasteiger partial charge in [0.25, 0.3) is 5.91 Å². The van der Waals surface area contributed by atoms with Crippen LogP contribution >= 0.6 is 0 Å². The minimum atomic E-state index is -1.20. The minimum Gasteiger partial charge on any atom is -0.497 e. The zero-order valence-electron chi connectivity index (χ0n) is 17.2. The van der Waals surface area contributed by atoms with Gasteiger partial charge >= 0.3 is 6.03 Å². The molecule has 1 fully saturated rings. The van der Waals surface area contributed by atoms with E-state index >= 15 is 0 Å². The van der Waals surface area contributed by atoms with E-state index in [1.165, 1.54) is 0 Å². The largest absolute Gasteiger partial charge is 0.497 e. The van der Waals surface area contributed by atoms with Gasteiger partial charge in [-0.05, 0) is 37.0 Å². The average molecular weight is 389 g/mol. The van der Waals surface area contributed by atoms with Crippen LogP contribution in [0, 0.1) is 5.92 Å². The molecular formula is C21H31N3O4. The summed E-state index contributed by atoms with van der Waals surface area (Å²) in [6, 6.07) is 6.38. The fourth-order valence-electron chi connectivity index (χ4n) is 3.36. The van der Waals surface area contributed by atoms with Crippen LogP contribution < -0.4 is 15.4 Å². The summed E-state index contributed by atoms with van der Waals surface area (Å²) in [6.07, 6.45) is 4.29. The van der Waals surface area contributed by atoms with E-state index in [4.69, 9.17) is 4.74 Å². The summed E-state index contributed by atoms with van der Waals surface area (Å²) in [5.41, 5.74) is -0.559. The van der Waals surface area contributed by atoms with E-state index < -0.39 is 17.5 Å². The van der Waals surface area contributed by atoms with Gasteiger partial charge in [-0.1, -0.05) is 45.2 Å². The Morgan fingerprint density at radius 1 is 1.25 bits per heavy atom. The van der Waals surface area contributed by atoms with Crippen LogP contribution in [0.15, 0.2) is 24.3 Å². The summed E-state index contributed by atoms with van der Waals surface area (Å²) in [5, 5.41) is 5.57. The summed E-state index contributed by atoms with van der Waals surface area (Å²) in [6.45, 7) is 6.17. The molecule has 2 N–H and O–H groups in total. The Hall–Kier alpha value is -2.57. The Kier molecular flexibility index (Phi) is 7.43. The first-order valence-electron chi connectivity index (χ1n) is 9.91. The molecule has 28 heavy (non-hydrogen) atoms. The summed E-state index contributed by atoms with van der Waals surface area (Å²) in [7, 11) is 1.56. The van der Waals surface area contributed by atoms with E-state index in [1.54, 1.807) is 38.3 Å². The number of ether oxygens (including phenoxy) is 1. The molecule has 0 bridgehead atoms. The lowest BCUT2D eigenvalue weighted by molar-refractivity contribution is -0.134. The lowest BCUT2D eigenvalue weighted by atomic mass is 9.92. The van der Waals surface area contributed by atoms with Crippen LogP contribution in [0.4, 0.5) is 4.79 Å². The Morgan fingerprint density at radius 3 is 2.50 bits per heavy atom. The highest BCUT2D eigenvalue weighted by Crippen LogP contribution is 2.29. The van der Waals surface area contributed by atoms with Gasteiger partial charge in [-0.15, -0.1) is 0 Å². The van der Waals surface area contributed by atoms with E-state index in [0.717, 1.165) is 30.6 Å². The van der Waals surface area contributed by atoms with Crippen LogP contribution in [0.5, 0.6) is 5.75 Å². The Bertz CT molecular complexity index is 704. The van der Waals surface area contributed by atoms with Crippen molar-refractivity contribution in [2.45, 2.75) is 52.0 Å². The van der Waals surface area contributed by atoms with Gasteiger partial charge in [0.15, 0.2) is 0 Å². The smallest absolute Gasteiger partial charge is 0.325 e. The average Bonchev–Trinajstić information content (AvgIpc) is 2.92. The number of benzene rings is 1. The first kappa shape index (κ1) is 21.7. The maximum atomic E-state index is 12.9. The number of unbranched alkanes of at least 4 members (excludes halogenated alkanes) is 1. The zero-order valence-corrected chi connectivity index (χ0v) is 17.2. The van der Waals surface area contributed by atoms with Crippen molar-refractivity contribution in [3.8, 4) is 5.75 Å². The van der Waals surface area contributed by atoms with Gasteiger partial charge in [-0.25, -0.2) is 4.79 Å². The van der Waals surface area contributed by atoms with Crippen molar-refractivity contribution in [3.05, 3.63) is 29.8 Å². The highest BCUT2D eigenvalue weighted by molar-refractivity contribution is 6.09. The molecule has 1 aliphatic rings. The van der Waals surface area contributed by atoms with Gasteiger partial charge in [-0.3, -0.25) is 14.5 Å². The van der Waals surface area contributed by atoms with Crippen molar-refractivity contribution in [1.82, 2.24) is 15.5 Å². The number of carbonyl (C=O) groups is 3. The van der Waals surface area contributed by atoms with Crippen LogP contribution in [0.2, 0.25) is 0 Å². The van der Waals surface area contributed by atoms with Gasteiger partial charge in [-0.2, -0.15) is 0 Å². The van der Waals surface area contributed by atoms with Gasteiger partial charge in [0.1, 0.15) is 17.8 Å².